The molecule has 5 saturated carbocycles. The summed E-state index contributed by atoms with van der Waals surface area (Å²) >= 11 is 0. The van der Waals surface area contributed by atoms with Crippen LogP contribution in [0.1, 0.15) is 50.5 Å². The number of ether oxygens (including phenoxy) is 2. The molecule has 174 valence electrons. The van der Waals surface area contributed by atoms with Crippen LogP contribution in [0.3, 0.4) is 0 Å². The largest absolute Gasteiger partial charge is 0.489 e. The first-order valence-corrected chi connectivity index (χ1v) is 12.1. The van der Waals surface area contributed by atoms with Gasteiger partial charge in [-0.2, -0.15) is 0 Å². The molecule has 0 aliphatic heterocycles. The number of carbonyl (C=O) groups excluding carboxylic acids is 1. The summed E-state index contributed by atoms with van der Waals surface area (Å²) in [5, 5.41) is 3.40. The molecule has 6 rings (SSSR count). The summed E-state index contributed by atoms with van der Waals surface area (Å²) in [4.78, 5) is 14.0. The Labute approximate surface area is 189 Å². The number of halogens is 1. The van der Waals surface area contributed by atoms with E-state index < -0.39 is 5.41 Å². The van der Waals surface area contributed by atoms with Crippen molar-refractivity contribution in [2.45, 2.75) is 62.5 Å². The highest BCUT2D eigenvalue weighted by molar-refractivity contribution is 5.90. The maximum Gasteiger partial charge on any atom is 0.231 e. The van der Waals surface area contributed by atoms with Crippen LogP contribution in [0.2, 0.25) is 0 Å². The molecule has 5 aliphatic rings. The molecule has 4 bridgehead atoms. The number of methoxy groups -OCH3 is 1. The van der Waals surface area contributed by atoms with Crippen LogP contribution in [0.4, 0.5) is 4.39 Å². The second-order valence-electron chi connectivity index (χ2n) is 10.5. The van der Waals surface area contributed by atoms with Gasteiger partial charge in [-0.25, -0.2) is 4.39 Å². The molecule has 1 aromatic rings. The number of hydrogen-bond donors (Lipinski definition) is 2. The summed E-state index contributed by atoms with van der Waals surface area (Å²) in [5.41, 5.74) is 6.59. The second kappa shape index (κ2) is 8.79. The van der Waals surface area contributed by atoms with Gasteiger partial charge in [-0.05, 0) is 86.3 Å². The maximum absolute atomic E-state index is 14.0. The lowest BCUT2D eigenvalue weighted by molar-refractivity contribution is -0.146. The summed E-state index contributed by atoms with van der Waals surface area (Å²) in [6, 6.07) is 8.19. The van der Waals surface area contributed by atoms with Crippen LogP contribution in [-0.4, -0.2) is 38.3 Å². The monoisotopic (exact) mass is 442 g/mol. The van der Waals surface area contributed by atoms with E-state index in [1.54, 1.807) is 7.11 Å². The SMILES string of the molecule is COC1CC(NC(=O)C2(c3ccc(OC/C(=C/F)CN)cc3)C3CC4CC(C3)CC2C4)C1. The van der Waals surface area contributed by atoms with Crippen molar-refractivity contribution in [3.05, 3.63) is 41.7 Å². The number of nitrogens with two attached hydrogens (primary N) is 1. The Morgan fingerprint density at radius 2 is 1.72 bits per heavy atom. The number of amides is 1. The van der Waals surface area contributed by atoms with Gasteiger partial charge < -0.3 is 20.5 Å². The molecule has 5 nitrogen and oxygen atoms in total. The molecule has 6 heteroatoms. The van der Waals surface area contributed by atoms with Crippen molar-refractivity contribution in [1.29, 1.82) is 0 Å². The molecule has 32 heavy (non-hydrogen) atoms. The third-order valence-electron chi connectivity index (χ3n) is 8.74. The average Bonchev–Trinajstić information content (AvgIpc) is 2.77. The minimum Gasteiger partial charge on any atom is -0.489 e. The molecule has 0 spiro atoms. The molecule has 0 radical (unpaired) electrons. The van der Waals surface area contributed by atoms with Crippen LogP contribution in [0.25, 0.3) is 0 Å². The lowest BCUT2D eigenvalue weighted by atomic mass is 9.43. The fourth-order valence-corrected chi connectivity index (χ4v) is 7.22. The molecule has 1 amide bonds. The Hall–Kier alpha value is -1.92. The minimum atomic E-state index is -0.453. The molecular weight excluding hydrogens is 407 g/mol. The number of hydrogen-bond acceptors (Lipinski definition) is 4. The van der Waals surface area contributed by atoms with Crippen LogP contribution in [0, 0.1) is 23.7 Å². The molecule has 0 saturated heterocycles. The van der Waals surface area contributed by atoms with E-state index in [0.717, 1.165) is 55.9 Å². The van der Waals surface area contributed by atoms with Gasteiger partial charge in [0.05, 0.1) is 17.8 Å². The summed E-state index contributed by atoms with van der Waals surface area (Å²) in [6.45, 7) is 0.267. The summed E-state index contributed by atoms with van der Waals surface area (Å²) in [6.07, 6.45) is 8.56. The lowest BCUT2D eigenvalue weighted by Gasteiger charge is -2.60. The zero-order valence-corrected chi connectivity index (χ0v) is 18.9. The van der Waals surface area contributed by atoms with Crippen LogP contribution in [0.15, 0.2) is 36.2 Å². The zero-order chi connectivity index (χ0) is 22.3. The fraction of sp³-hybridized carbons (Fsp3) is 0.654. The maximum atomic E-state index is 14.0. The van der Waals surface area contributed by atoms with Gasteiger partial charge in [0.15, 0.2) is 0 Å². The number of rotatable bonds is 8. The van der Waals surface area contributed by atoms with E-state index in [-0.39, 0.29) is 31.2 Å². The highest BCUT2D eigenvalue weighted by Gasteiger charge is 2.61. The number of carbonyl (C=O) groups is 1. The molecule has 5 fully saturated rings. The van der Waals surface area contributed by atoms with E-state index in [4.69, 9.17) is 15.2 Å². The molecule has 0 heterocycles. The number of benzene rings is 1. The summed E-state index contributed by atoms with van der Waals surface area (Å²) in [5.74, 6) is 3.26. The predicted molar refractivity (Wildman–Crippen MR) is 121 cm³/mol. The minimum absolute atomic E-state index is 0.134. The van der Waals surface area contributed by atoms with Crippen LogP contribution >= 0.6 is 0 Å². The normalized spacial score (nSPS) is 37.8. The first-order chi connectivity index (χ1) is 15.6. The summed E-state index contributed by atoms with van der Waals surface area (Å²) < 4.78 is 23.9. The first-order valence-electron chi connectivity index (χ1n) is 12.1. The van der Waals surface area contributed by atoms with E-state index in [1.807, 2.05) is 12.1 Å². The molecule has 1 aromatic carbocycles. The quantitative estimate of drug-likeness (QED) is 0.641. The van der Waals surface area contributed by atoms with Crippen molar-refractivity contribution >= 4 is 5.91 Å². The van der Waals surface area contributed by atoms with Gasteiger partial charge in [-0.15, -0.1) is 0 Å². The Morgan fingerprint density at radius 3 is 2.25 bits per heavy atom. The van der Waals surface area contributed by atoms with E-state index in [2.05, 4.69) is 17.4 Å². The van der Waals surface area contributed by atoms with E-state index in [0.29, 0.717) is 29.5 Å². The van der Waals surface area contributed by atoms with E-state index in [9.17, 15) is 9.18 Å². The highest BCUT2D eigenvalue weighted by Crippen LogP contribution is 2.63. The van der Waals surface area contributed by atoms with Crippen molar-refractivity contribution in [2.24, 2.45) is 29.4 Å². The summed E-state index contributed by atoms with van der Waals surface area (Å²) in [7, 11) is 1.74. The van der Waals surface area contributed by atoms with Crippen molar-refractivity contribution < 1.29 is 18.7 Å². The van der Waals surface area contributed by atoms with Crippen LogP contribution < -0.4 is 15.8 Å². The van der Waals surface area contributed by atoms with Crippen LogP contribution in [-0.2, 0) is 14.9 Å². The van der Waals surface area contributed by atoms with Gasteiger partial charge in [-0.3, -0.25) is 4.79 Å². The third kappa shape index (κ3) is 3.65. The Bertz CT molecular complexity index is 834. The Morgan fingerprint density at radius 1 is 1.09 bits per heavy atom. The molecule has 3 N–H and O–H groups in total. The molecule has 5 aliphatic carbocycles. The molecule has 0 aromatic heterocycles. The van der Waals surface area contributed by atoms with Crippen molar-refractivity contribution in [2.75, 3.05) is 20.3 Å². The van der Waals surface area contributed by atoms with Crippen molar-refractivity contribution in [3.63, 3.8) is 0 Å². The van der Waals surface area contributed by atoms with Gasteiger partial charge in [0, 0.05) is 25.3 Å². The predicted octanol–water partition coefficient (Wildman–Crippen LogP) is 3.87. The van der Waals surface area contributed by atoms with Crippen molar-refractivity contribution in [3.8, 4) is 5.75 Å². The molecule has 0 unspecified atom stereocenters. The zero-order valence-electron chi connectivity index (χ0n) is 18.9. The first kappa shape index (κ1) is 21.9. The fourth-order valence-electron chi connectivity index (χ4n) is 7.22. The smallest absolute Gasteiger partial charge is 0.231 e. The van der Waals surface area contributed by atoms with Gasteiger partial charge >= 0.3 is 0 Å². The van der Waals surface area contributed by atoms with Crippen molar-refractivity contribution in [1.82, 2.24) is 5.32 Å². The van der Waals surface area contributed by atoms with Gasteiger partial charge in [-0.1, -0.05) is 12.1 Å². The van der Waals surface area contributed by atoms with Gasteiger partial charge in [0.2, 0.25) is 5.91 Å². The van der Waals surface area contributed by atoms with E-state index in [1.165, 1.54) is 6.42 Å². The average molecular weight is 443 g/mol. The molecule has 0 atom stereocenters. The van der Waals surface area contributed by atoms with Crippen LogP contribution in [0.5, 0.6) is 5.75 Å². The lowest BCUT2D eigenvalue weighted by Crippen LogP contribution is -2.64. The van der Waals surface area contributed by atoms with Gasteiger partial charge in [0.25, 0.3) is 0 Å². The van der Waals surface area contributed by atoms with E-state index >= 15 is 0 Å². The topological polar surface area (TPSA) is 73.6 Å². The Kier molecular flexibility index (Phi) is 6.01. The highest BCUT2D eigenvalue weighted by atomic mass is 19.1. The third-order valence-corrected chi connectivity index (χ3v) is 8.74. The molecular formula is C26H35FN2O3. The Balaban J connectivity index is 1.40. The number of nitrogens with one attached hydrogen (secondary N) is 1. The van der Waals surface area contributed by atoms with Gasteiger partial charge in [0.1, 0.15) is 12.4 Å². The standard InChI is InChI=1S/C26H35FN2O3/c1-31-24-11-22(12-24)29-25(30)26(20-7-16-6-17(9-20)10-21(26)8-16)19-2-4-23(5-3-19)32-15-18(13-27)14-28/h2-5,13,16-17,20-22,24H,6-12,14-15,28H2,1H3,(H,29,30)/b18-13+. The second-order valence-corrected chi connectivity index (χ2v) is 10.5.